The Bertz CT molecular complexity index is 1350. The zero-order valence-electron chi connectivity index (χ0n) is 20.1. The fraction of sp³-hybridized carbons (Fsp3) is 0.391. The summed E-state index contributed by atoms with van der Waals surface area (Å²) in [5.74, 6) is -1.40. The molecule has 1 aromatic heterocycles. The van der Waals surface area contributed by atoms with Crippen molar-refractivity contribution in [3.8, 4) is 11.8 Å². The quantitative estimate of drug-likeness (QED) is 0.434. The van der Waals surface area contributed by atoms with Crippen molar-refractivity contribution in [2.24, 2.45) is 0 Å². The minimum absolute atomic E-state index is 0.179. The van der Waals surface area contributed by atoms with Crippen molar-refractivity contribution in [1.82, 2.24) is 24.4 Å². The number of ether oxygens (including phenoxy) is 1. The summed E-state index contributed by atoms with van der Waals surface area (Å²) < 4.78 is 63.4. The maximum atomic E-state index is 14.2. The van der Waals surface area contributed by atoms with Gasteiger partial charge >= 0.3 is 6.01 Å². The van der Waals surface area contributed by atoms with E-state index in [1.807, 2.05) is 25.1 Å². The van der Waals surface area contributed by atoms with Gasteiger partial charge in [0.1, 0.15) is 22.3 Å². The number of anilines is 1. The van der Waals surface area contributed by atoms with Crippen LogP contribution in [-0.2, 0) is 16.6 Å². The lowest BCUT2D eigenvalue weighted by Crippen LogP contribution is -2.44. The molecule has 1 aliphatic heterocycles. The van der Waals surface area contributed by atoms with Crippen LogP contribution in [0.5, 0.6) is 11.8 Å². The fourth-order valence-corrected chi connectivity index (χ4v) is 5.39. The van der Waals surface area contributed by atoms with Gasteiger partial charge in [0.15, 0.2) is 5.82 Å². The van der Waals surface area contributed by atoms with Gasteiger partial charge in [0.2, 0.25) is 10.0 Å². The number of likely N-dealkylation sites (N-methyl/N-ethyl adjacent to an activating group) is 1. The van der Waals surface area contributed by atoms with Crippen molar-refractivity contribution >= 4 is 27.3 Å². The zero-order chi connectivity index (χ0) is 26.0. The van der Waals surface area contributed by atoms with E-state index >= 15 is 0 Å². The average Bonchev–Trinajstić information content (AvgIpc) is 3.24. The molecule has 0 unspecified atom stereocenters. The molecule has 0 saturated carbocycles. The number of hydrogen-bond donors (Lipinski definition) is 1. The van der Waals surface area contributed by atoms with Crippen LogP contribution in [0, 0.1) is 11.6 Å². The average molecular weight is 541 g/mol. The molecule has 3 aromatic rings. The maximum Gasteiger partial charge on any atom is 0.322 e. The van der Waals surface area contributed by atoms with Crippen molar-refractivity contribution in [3.63, 3.8) is 0 Å². The molecule has 0 amide bonds. The molecular formula is C23H27ClF2N6O3S. The van der Waals surface area contributed by atoms with Crippen LogP contribution in [0.2, 0.25) is 5.02 Å². The van der Waals surface area contributed by atoms with E-state index in [0.29, 0.717) is 24.4 Å². The summed E-state index contributed by atoms with van der Waals surface area (Å²) in [6.45, 7) is 7.49. The first kappa shape index (κ1) is 26.3. The monoisotopic (exact) mass is 540 g/mol. The van der Waals surface area contributed by atoms with Crippen LogP contribution in [0.25, 0.3) is 0 Å². The topological polar surface area (TPSA) is 92.6 Å². The van der Waals surface area contributed by atoms with Gasteiger partial charge in [-0.2, -0.15) is 0 Å². The third kappa shape index (κ3) is 5.61. The van der Waals surface area contributed by atoms with Crippen LogP contribution in [0.15, 0.2) is 41.3 Å². The second-order valence-electron chi connectivity index (χ2n) is 8.51. The summed E-state index contributed by atoms with van der Waals surface area (Å²) in [7, 11) is -2.33. The first-order chi connectivity index (χ1) is 17.1. The van der Waals surface area contributed by atoms with Crippen molar-refractivity contribution in [1.29, 1.82) is 0 Å². The number of nitrogens with one attached hydrogen (secondary N) is 1. The van der Waals surface area contributed by atoms with Gasteiger partial charge in [-0.3, -0.25) is 4.57 Å². The summed E-state index contributed by atoms with van der Waals surface area (Å²) in [6, 6.07) is 8.05. The van der Waals surface area contributed by atoms with Crippen LogP contribution >= 0.6 is 11.6 Å². The van der Waals surface area contributed by atoms with Crippen molar-refractivity contribution in [3.05, 3.63) is 58.9 Å². The molecule has 0 radical (unpaired) electrons. The molecule has 0 bridgehead atoms. The standard InChI is InChI=1S/C23H27ClF2N6O3S/c1-4-32-22(15(2)29-36(33,34)21-14-19(25)18(24)13-20(21)26)27-28-23(32)35-17-7-5-6-16(12-17)31-10-8-30(3)9-11-31/h5-7,12-15,29H,4,8-11H2,1-3H3/t15-/m1/s1. The SMILES string of the molecule is CCn1c(Oc2cccc(N3CCN(C)CC3)c2)nnc1[C@@H](C)NS(=O)(=O)c1cc(F)c(Cl)cc1F. The number of benzene rings is 2. The van der Waals surface area contributed by atoms with Crippen LogP contribution in [0.4, 0.5) is 14.5 Å². The molecule has 9 nitrogen and oxygen atoms in total. The lowest BCUT2D eigenvalue weighted by Gasteiger charge is -2.34. The lowest BCUT2D eigenvalue weighted by molar-refractivity contribution is 0.312. The van der Waals surface area contributed by atoms with Gasteiger partial charge in [-0.1, -0.05) is 22.8 Å². The molecule has 0 spiro atoms. The van der Waals surface area contributed by atoms with Crippen LogP contribution in [-0.4, -0.2) is 61.3 Å². The van der Waals surface area contributed by atoms with Crippen LogP contribution in [0.3, 0.4) is 0 Å². The Morgan fingerprint density at radius 1 is 1.11 bits per heavy atom. The molecule has 4 rings (SSSR count). The fourth-order valence-electron chi connectivity index (χ4n) is 3.97. The number of aromatic nitrogens is 3. The van der Waals surface area contributed by atoms with E-state index in [1.165, 1.54) is 6.92 Å². The number of rotatable bonds is 8. The summed E-state index contributed by atoms with van der Waals surface area (Å²) >= 11 is 5.54. The number of halogens is 3. The molecule has 1 aliphatic rings. The molecule has 1 fully saturated rings. The normalized spacial score (nSPS) is 15.8. The highest BCUT2D eigenvalue weighted by Gasteiger charge is 2.27. The third-order valence-electron chi connectivity index (χ3n) is 5.94. The second kappa shape index (κ2) is 10.7. The van der Waals surface area contributed by atoms with Gasteiger partial charge in [-0.05, 0) is 45.2 Å². The highest BCUT2D eigenvalue weighted by molar-refractivity contribution is 7.89. The predicted molar refractivity (Wildman–Crippen MR) is 132 cm³/mol. The van der Waals surface area contributed by atoms with E-state index in [9.17, 15) is 17.2 Å². The molecule has 1 N–H and O–H groups in total. The molecule has 2 heterocycles. The lowest BCUT2D eigenvalue weighted by atomic mass is 10.2. The Morgan fingerprint density at radius 2 is 1.83 bits per heavy atom. The van der Waals surface area contributed by atoms with E-state index in [0.717, 1.165) is 31.9 Å². The predicted octanol–water partition coefficient (Wildman–Crippen LogP) is 3.81. The zero-order valence-corrected chi connectivity index (χ0v) is 21.7. The number of sulfonamides is 1. The molecule has 1 atom stereocenters. The Morgan fingerprint density at radius 3 is 2.53 bits per heavy atom. The molecule has 0 aliphatic carbocycles. The highest BCUT2D eigenvalue weighted by Crippen LogP contribution is 2.28. The van der Waals surface area contributed by atoms with E-state index in [1.54, 1.807) is 10.6 Å². The number of nitrogens with zero attached hydrogens (tertiary/aromatic N) is 5. The maximum absolute atomic E-state index is 14.2. The van der Waals surface area contributed by atoms with Crippen molar-refractivity contribution in [2.45, 2.75) is 31.3 Å². The molecule has 36 heavy (non-hydrogen) atoms. The minimum atomic E-state index is -4.43. The molecule has 2 aromatic carbocycles. The Balaban J connectivity index is 1.53. The Hall–Kier alpha value is -2.80. The minimum Gasteiger partial charge on any atom is -0.424 e. The molecule has 1 saturated heterocycles. The van der Waals surface area contributed by atoms with Gasteiger partial charge in [0.25, 0.3) is 0 Å². The van der Waals surface area contributed by atoms with Crippen LogP contribution < -0.4 is 14.4 Å². The largest absolute Gasteiger partial charge is 0.424 e. The third-order valence-corrected chi connectivity index (χ3v) is 7.79. The summed E-state index contributed by atoms with van der Waals surface area (Å²) in [4.78, 5) is 3.70. The van der Waals surface area contributed by atoms with Crippen LogP contribution in [0.1, 0.15) is 25.7 Å². The molecular weight excluding hydrogens is 514 g/mol. The van der Waals surface area contributed by atoms with Gasteiger partial charge in [0, 0.05) is 44.5 Å². The number of piperazine rings is 1. The van der Waals surface area contributed by atoms with E-state index < -0.39 is 37.6 Å². The van der Waals surface area contributed by atoms with Crippen molar-refractivity contribution in [2.75, 3.05) is 38.1 Å². The summed E-state index contributed by atoms with van der Waals surface area (Å²) in [5, 5.41) is 7.67. The number of hydrogen-bond acceptors (Lipinski definition) is 7. The van der Waals surface area contributed by atoms with E-state index in [2.05, 4.69) is 31.8 Å². The first-order valence-corrected chi connectivity index (χ1v) is 13.3. The van der Waals surface area contributed by atoms with E-state index in [4.69, 9.17) is 16.3 Å². The Labute approximate surface area is 213 Å². The van der Waals surface area contributed by atoms with Gasteiger partial charge in [0.05, 0.1) is 11.1 Å². The molecule has 194 valence electrons. The van der Waals surface area contributed by atoms with Gasteiger partial charge in [-0.15, -0.1) is 5.10 Å². The summed E-state index contributed by atoms with van der Waals surface area (Å²) in [5.41, 5.74) is 1.03. The Kier molecular flexibility index (Phi) is 7.79. The van der Waals surface area contributed by atoms with Crippen molar-refractivity contribution < 1.29 is 21.9 Å². The summed E-state index contributed by atoms with van der Waals surface area (Å²) in [6.07, 6.45) is 0. The second-order valence-corrected chi connectivity index (χ2v) is 10.6. The van der Waals surface area contributed by atoms with Gasteiger partial charge < -0.3 is 14.5 Å². The first-order valence-electron chi connectivity index (χ1n) is 11.4. The van der Waals surface area contributed by atoms with Gasteiger partial charge in [-0.25, -0.2) is 21.9 Å². The smallest absolute Gasteiger partial charge is 0.322 e. The molecule has 13 heteroatoms. The highest BCUT2D eigenvalue weighted by atomic mass is 35.5. The van der Waals surface area contributed by atoms with E-state index in [-0.39, 0.29) is 11.8 Å².